The van der Waals surface area contributed by atoms with Gasteiger partial charge >= 0.3 is 0 Å². The van der Waals surface area contributed by atoms with E-state index in [2.05, 4.69) is 5.32 Å². The number of hydrogen-bond acceptors (Lipinski definition) is 5. The maximum atomic E-state index is 12.7. The van der Waals surface area contributed by atoms with Gasteiger partial charge in [0.25, 0.3) is 5.91 Å². The summed E-state index contributed by atoms with van der Waals surface area (Å²) >= 11 is 1.34. The zero-order valence-electron chi connectivity index (χ0n) is 13.2. The van der Waals surface area contributed by atoms with E-state index in [0.717, 1.165) is 5.56 Å². The zero-order valence-corrected chi connectivity index (χ0v) is 14.8. The molecule has 0 saturated carbocycles. The van der Waals surface area contributed by atoms with E-state index in [1.54, 1.807) is 24.3 Å². The molecule has 0 radical (unpaired) electrons. The molecule has 0 unspecified atom stereocenters. The van der Waals surface area contributed by atoms with Gasteiger partial charge in [-0.05, 0) is 36.1 Å². The van der Waals surface area contributed by atoms with Gasteiger partial charge < -0.3 is 10.1 Å². The lowest BCUT2D eigenvalue weighted by Gasteiger charge is -2.26. The van der Waals surface area contributed by atoms with Gasteiger partial charge in [-0.15, -0.1) is 11.3 Å². The average molecular weight is 366 g/mol. The van der Waals surface area contributed by atoms with Crippen LogP contribution in [0.4, 0.5) is 5.69 Å². The number of aryl methyl sites for hydroxylation is 1. The van der Waals surface area contributed by atoms with Crippen LogP contribution in [0.2, 0.25) is 0 Å². The Kier molecular flexibility index (Phi) is 5.00. The van der Waals surface area contributed by atoms with Gasteiger partial charge in [0.05, 0.1) is 23.0 Å². The molecule has 8 heteroatoms. The Bertz CT molecular complexity index is 826. The highest BCUT2D eigenvalue weighted by atomic mass is 32.2. The second kappa shape index (κ2) is 7.02. The SMILES string of the molecule is Cc1ccc(S(=O)(=O)N2CCOCC2)cc1NC(=O)c1cccs1. The number of sulfonamides is 1. The van der Waals surface area contributed by atoms with Crippen molar-refractivity contribution in [3.05, 3.63) is 46.2 Å². The Morgan fingerprint density at radius 1 is 1.25 bits per heavy atom. The molecule has 0 bridgehead atoms. The highest BCUT2D eigenvalue weighted by Gasteiger charge is 2.26. The Morgan fingerprint density at radius 3 is 2.67 bits per heavy atom. The van der Waals surface area contributed by atoms with Crippen molar-refractivity contribution in [2.45, 2.75) is 11.8 Å². The number of carbonyl (C=O) groups is 1. The lowest BCUT2D eigenvalue weighted by molar-refractivity contribution is 0.0730. The molecule has 2 heterocycles. The Morgan fingerprint density at radius 2 is 2.00 bits per heavy atom. The fourth-order valence-electron chi connectivity index (χ4n) is 2.42. The smallest absolute Gasteiger partial charge is 0.265 e. The van der Waals surface area contributed by atoms with Crippen LogP contribution < -0.4 is 5.32 Å². The molecule has 1 aliphatic heterocycles. The number of anilines is 1. The Labute approximate surface area is 145 Å². The van der Waals surface area contributed by atoms with Crippen molar-refractivity contribution < 1.29 is 17.9 Å². The topological polar surface area (TPSA) is 75.7 Å². The number of morpholine rings is 1. The number of nitrogens with zero attached hydrogens (tertiary/aromatic N) is 1. The molecule has 0 aliphatic carbocycles. The zero-order chi connectivity index (χ0) is 17.2. The number of thiophene rings is 1. The van der Waals surface area contributed by atoms with E-state index in [0.29, 0.717) is 36.9 Å². The quantitative estimate of drug-likeness (QED) is 0.901. The molecule has 1 aromatic heterocycles. The van der Waals surface area contributed by atoms with Gasteiger partial charge in [0.2, 0.25) is 10.0 Å². The van der Waals surface area contributed by atoms with Crippen LogP contribution in [0.3, 0.4) is 0 Å². The number of benzene rings is 1. The number of rotatable bonds is 4. The summed E-state index contributed by atoms with van der Waals surface area (Å²) in [4.78, 5) is 13.0. The van der Waals surface area contributed by atoms with Crippen LogP contribution in [0, 0.1) is 6.92 Å². The largest absolute Gasteiger partial charge is 0.379 e. The number of nitrogens with one attached hydrogen (secondary N) is 1. The first-order chi connectivity index (χ1) is 11.5. The fraction of sp³-hybridized carbons (Fsp3) is 0.312. The molecule has 1 aliphatic rings. The molecule has 6 nitrogen and oxygen atoms in total. The monoisotopic (exact) mass is 366 g/mol. The van der Waals surface area contributed by atoms with Crippen LogP contribution in [-0.2, 0) is 14.8 Å². The molecule has 3 rings (SSSR count). The minimum absolute atomic E-state index is 0.177. The van der Waals surface area contributed by atoms with E-state index >= 15 is 0 Å². The van der Waals surface area contributed by atoms with Crippen molar-refractivity contribution in [1.82, 2.24) is 4.31 Å². The summed E-state index contributed by atoms with van der Waals surface area (Å²) in [5.74, 6) is -0.242. The van der Waals surface area contributed by atoms with E-state index in [1.165, 1.54) is 21.7 Å². The molecule has 1 saturated heterocycles. The molecule has 0 spiro atoms. The molecule has 0 atom stereocenters. The van der Waals surface area contributed by atoms with Crippen LogP contribution in [0.5, 0.6) is 0 Å². The van der Waals surface area contributed by atoms with Crippen molar-refractivity contribution in [2.24, 2.45) is 0 Å². The molecule has 24 heavy (non-hydrogen) atoms. The predicted octanol–water partition coefficient (Wildman–Crippen LogP) is 2.33. The maximum absolute atomic E-state index is 12.7. The summed E-state index contributed by atoms with van der Waals surface area (Å²) in [6.07, 6.45) is 0. The van der Waals surface area contributed by atoms with E-state index < -0.39 is 10.0 Å². The minimum Gasteiger partial charge on any atom is -0.379 e. The normalized spacial score (nSPS) is 16.0. The van der Waals surface area contributed by atoms with E-state index in [9.17, 15) is 13.2 Å². The van der Waals surface area contributed by atoms with Crippen molar-refractivity contribution in [1.29, 1.82) is 0 Å². The van der Waals surface area contributed by atoms with Gasteiger partial charge in [0, 0.05) is 18.8 Å². The molecule has 1 N–H and O–H groups in total. The highest BCUT2D eigenvalue weighted by molar-refractivity contribution is 7.89. The maximum Gasteiger partial charge on any atom is 0.265 e. The molecule has 1 aromatic carbocycles. The van der Waals surface area contributed by atoms with Crippen LogP contribution >= 0.6 is 11.3 Å². The summed E-state index contributed by atoms with van der Waals surface area (Å²) in [7, 11) is -3.59. The third-order valence-corrected chi connectivity index (χ3v) is 6.57. The number of ether oxygens (including phenoxy) is 1. The van der Waals surface area contributed by atoms with Gasteiger partial charge in [-0.2, -0.15) is 4.31 Å². The lowest BCUT2D eigenvalue weighted by atomic mass is 10.2. The van der Waals surface area contributed by atoms with Crippen LogP contribution in [0.1, 0.15) is 15.2 Å². The van der Waals surface area contributed by atoms with Crippen molar-refractivity contribution >= 4 is 33.0 Å². The van der Waals surface area contributed by atoms with Gasteiger partial charge in [-0.25, -0.2) is 8.42 Å². The van der Waals surface area contributed by atoms with Crippen LogP contribution in [0.15, 0.2) is 40.6 Å². The summed E-state index contributed by atoms with van der Waals surface area (Å²) in [6, 6.07) is 8.32. The summed E-state index contributed by atoms with van der Waals surface area (Å²) < 4.78 is 32.1. The highest BCUT2D eigenvalue weighted by Crippen LogP contribution is 2.24. The first-order valence-electron chi connectivity index (χ1n) is 7.52. The minimum atomic E-state index is -3.59. The number of hydrogen-bond donors (Lipinski definition) is 1. The van der Waals surface area contributed by atoms with E-state index in [1.807, 2.05) is 12.3 Å². The summed E-state index contributed by atoms with van der Waals surface area (Å²) in [5, 5.41) is 4.61. The number of amides is 1. The fourth-order valence-corrected chi connectivity index (χ4v) is 4.48. The molecule has 1 fully saturated rings. The van der Waals surface area contributed by atoms with Crippen molar-refractivity contribution in [3.8, 4) is 0 Å². The molecule has 1 amide bonds. The van der Waals surface area contributed by atoms with Crippen LogP contribution in [-0.4, -0.2) is 44.9 Å². The molecule has 128 valence electrons. The van der Waals surface area contributed by atoms with Crippen LogP contribution in [0.25, 0.3) is 0 Å². The summed E-state index contributed by atoms with van der Waals surface area (Å²) in [6.45, 7) is 3.30. The van der Waals surface area contributed by atoms with E-state index in [4.69, 9.17) is 4.74 Å². The van der Waals surface area contributed by atoms with Gasteiger partial charge in [-0.3, -0.25) is 4.79 Å². The first-order valence-corrected chi connectivity index (χ1v) is 9.84. The van der Waals surface area contributed by atoms with Gasteiger partial charge in [0.1, 0.15) is 0 Å². The summed E-state index contributed by atoms with van der Waals surface area (Å²) in [5.41, 5.74) is 1.31. The van der Waals surface area contributed by atoms with E-state index in [-0.39, 0.29) is 10.8 Å². The van der Waals surface area contributed by atoms with Gasteiger partial charge in [0.15, 0.2) is 0 Å². The van der Waals surface area contributed by atoms with Crippen molar-refractivity contribution in [3.63, 3.8) is 0 Å². The first kappa shape index (κ1) is 17.1. The average Bonchev–Trinajstić information content (AvgIpc) is 3.12. The second-order valence-corrected chi connectivity index (χ2v) is 8.31. The molecular formula is C16H18N2O4S2. The van der Waals surface area contributed by atoms with Gasteiger partial charge in [-0.1, -0.05) is 12.1 Å². The molecule has 2 aromatic rings. The third kappa shape index (κ3) is 3.51. The molecular weight excluding hydrogens is 348 g/mol. The third-order valence-electron chi connectivity index (χ3n) is 3.81. The predicted molar refractivity (Wildman–Crippen MR) is 93.0 cm³/mol. The Hall–Kier alpha value is -1.74. The second-order valence-electron chi connectivity index (χ2n) is 5.42. The lowest BCUT2D eigenvalue weighted by Crippen LogP contribution is -2.40. The van der Waals surface area contributed by atoms with Crippen molar-refractivity contribution in [2.75, 3.05) is 31.6 Å². The standard InChI is InChI=1S/C16H18N2O4S2/c1-12-4-5-13(24(20,21)18-6-8-22-9-7-18)11-14(12)17-16(19)15-3-2-10-23-15/h2-5,10-11H,6-9H2,1H3,(H,17,19). The number of carbonyl (C=O) groups excluding carboxylic acids is 1. The Balaban J connectivity index is 1.87.